The molecule has 0 saturated heterocycles. The third-order valence-electron chi connectivity index (χ3n) is 1.32. The van der Waals surface area contributed by atoms with Crippen LogP contribution in [0.4, 0.5) is 0 Å². The topological polar surface area (TPSA) is 34.9 Å². The van der Waals surface area contributed by atoms with Crippen LogP contribution in [-0.4, -0.2) is 15.8 Å². The highest BCUT2D eigenvalue weighted by Crippen LogP contribution is 2.14. The first-order valence-corrected chi connectivity index (χ1v) is 3.60. The number of imidazole rings is 1. The third-order valence-corrected chi connectivity index (χ3v) is 2.43. The summed E-state index contributed by atoms with van der Waals surface area (Å²) in [7, 11) is 1.79. The van der Waals surface area contributed by atoms with Crippen LogP contribution in [0.1, 0.15) is 16.3 Å². The lowest BCUT2D eigenvalue weighted by Crippen LogP contribution is -1.94. The van der Waals surface area contributed by atoms with Gasteiger partial charge in [-0.3, -0.25) is 4.79 Å². The van der Waals surface area contributed by atoms with Gasteiger partial charge >= 0.3 is 0 Å². The average Bonchev–Trinajstić information content (AvgIpc) is 2.17. The van der Waals surface area contributed by atoms with Gasteiger partial charge in [0.1, 0.15) is 4.60 Å². The molecule has 0 aliphatic rings. The van der Waals surface area contributed by atoms with Crippen molar-refractivity contribution in [1.29, 1.82) is 0 Å². The monoisotopic (exact) mass is 202 g/mol. The van der Waals surface area contributed by atoms with Gasteiger partial charge < -0.3 is 4.57 Å². The average molecular weight is 203 g/mol. The molecule has 0 bridgehead atoms. The molecule has 0 unspecified atom stereocenters. The predicted molar refractivity (Wildman–Crippen MR) is 41.0 cm³/mol. The lowest BCUT2D eigenvalue weighted by molar-refractivity contribution is 0.111. The number of nitrogens with zero attached hydrogens (tertiary/aromatic N) is 2. The van der Waals surface area contributed by atoms with Gasteiger partial charge in [0.05, 0.1) is 5.69 Å². The number of aryl methyl sites for hydroxylation is 1. The first-order chi connectivity index (χ1) is 4.66. The van der Waals surface area contributed by atoms with Crippen LogP contribution < -0.4 is 0 Å². The van der Waals surface area contributed by atoms with E-state index in [0.717, 1.165) is 16.6 Å². The van der Waals surface area contributed by atoms with Gasteiger partial charge in [0.25, 0.3) is 0 Å². The smallest absolute Gasteiger partial charge is 0.185 e. The van der Waals surface area contributed by atoms with Crippen LogP contribution in [0, 0.1) is 6.92 Å². The Morgan fingerprint density at radius 1 is 1.70 bits per heavy atom. The van der Waals surface area contributed by atoms with E-state index in [0.29, 0.717) is 5.82 Å². The lowest BCUT2D eigenvalue weighted by Gasteiger charge is -1.92. The minimum Gasteiger partial charge on any atom is -0.319 e. The number of hydrogen-bond acceptors (Lipinski definition) is 2. The molecule has 0 aliphatic carbocycles. The summed E-state index contributed by atoms with van der Waals surface area (Å²) in [6.07, 6.45) is 0.734. The van der Waals surface area contributed by atoms with E-state index in [-0.39, 0.29) is 0 Å². The van der Waals surface area contributed by atoms with E-state index in [4.69, 9.17) is 0 Å². The highest BCUT2D eigenvalue weighted by atomic mass is 79.9. The van der Waals surface area contributed by atoms with Crippen molar-refractivity contribution in [2.75, 3.05) is 0 Å². The summed E-state index contributed by atoms with van der Waals surface area (Å²) in [5, 5.41) is 0. The predicted octanol–water partition coefficient (Wildman–Crippen LogP) is 1.30. The summed E-state index contributed by atoms with van der Waals surface area (Å²) in [5.74, 6) is 0.448. The van der Waals surface area contributed by atoms with Crippen molar-refractivity contribution in [3.8, 4) is 0 Å². The molecule has 10 heavy (non-hydrogen) atoms. The Hall–Kier alpha value is -0.640. The van der Waals surface area contributed by atoms with Crippen LogP contribution in [-0.2, 0) is 7.05 Å². The number of aldehydes is 1. The molecule has 0 aliphatic heterocycles. The number of rotatable bonds is 1. The number of aromatic nitrogens is 2. The van der Waals surface area contributed by atoms with E-state index in [9.17, 15) is 4.79 Å². The van der Waals surface area contributed by atoms with E-state index in [1.54, 1.807) is 11.6 Å². The van der Waals surface area contributed by atoms with Crippen LogP contribution in [0.25, 0.3) is 0 Å². The second-order valence-corrected chi connectivity index (χ2v) is 2.77. The van der Waals surface area contributed by atoms with Gasteiger partial charge in [-0.2, -0.15) is 0 Å². The van der Waals surface area contributed by atoms with E-state index in [1.165, 1.54) is 0 Å². The molecule has 0 spiro atoms. The Balaban J connectivity index is 3.30. The Morgan fingerprint density at radius 3 is 2.50 bits per heavy atom. The van der Waals surface area contributed by atoms with Gasteiger partial charge in [-0.25, -0.2) is 4.98 Å². The summed E-state index contributed by atoms with van der Waals surface area (Å²) in [6.45, 7) is 1.84. The molecule has 0 aromatic carbocycles. The summed E-state index contributed by atoms with van der Waals surface area (Å²) in [6, 6.07) is 0. The molecular formula is C6H7BrN2O. The number of hydrogen-bond donors (Lipinski definition) is 0. The lowest BCUT2D eigenvalue weighted by atomic mass is 10.6. The molecule has 0 N–H and O–H groups in total. The molecule has 1 aromatic heterocycles. The summed E-state index contributed by atoms with van der Waals surface area (Å²) >= 11 is 3.28. The second kappa shape index (κ2) is 2.54. The van der Waals surface area contributed by atoms with Crippen molar-refractivity contribution in [2.45, 2.75) is 6.92 Å². The van der Waals surface area contributed by atoms with E-state index >= 15 is 0 Å². The number of carbonyl (C=O) groups excluding carboxylic acids is 1. The molecule has 4 heteroatoms. The van der Waals surface area contributed by atoms with E-state index in [1.807, 2.05) is 6.92 Å². The zero-order valence-corrected chi connectivity index (χ0v) is 7.34. The summed E-state index contributed by atoms with van der Waals surface area (Å²) in [4.78, 5) is 14.3. The second-order valence-electron chi connectivity index (χ2n) is 2.02. The van der Waals surface area contributed by atoms with Crippen LogP contribution >= 0.6 is 15.9 Å². The Kier molecular flexibility index (Phi) is 1.89. The Labute approximate surface area is 67.2 Å². The molecule has 1 rings (SSSR count). The van der Waals surface area contributed by atoms with Crippen molar-refractivity contribution >= 4 is 22.2 Å². The molecule has 1 aromatic rings. The molecule has 0 amide bonds. The molecule has 0 saturated carbocycles. The van der Waals surface area contributed by atoms with Crippen LogP contribution in [0.15, 0.2) is 4.60 Å². The largest absolute Gasteiger partial charge is 0.319 e. The molecule has 3 nitrogen and oxygen atoms in total. The quantitative estimate of drug-likeness (QED) is 0.644. The fraction of sp³-hybridized carbons (Fsp3) is 0.333. The van der Waals surface area contributed by atoms with Gasteiger partial charge in [0, 0.05) is 7.05 Å². The SMILES string of the molecule is Cc1nc(C=O)n(C)c1Br. The van der Waals surface area contributed by atoms with Gasteiger partial charge in [-0.1, -0.05) is 0 Å². The van der Waals surface area contributed by atoms with Crippen molar-refractivity contribution in [1.82, 2.24) is 9.55 Å². The molecular weight excluding hydrogens is 196 g/mol. The van der Waals surface area contributed by atoms with Gasteiger partial charge in [-0.05, 0) is 22.9 Å². The van der Waals surface area contributed by atoms with Gasteiger partial charge in [-0.15, -0.1) is 0 Å². The zero-order chi connectivity index (χ0) is 7.72. The van der Waals surface area contributed by atoms with Gasteiger partial charge in [0.2, 0.25) is 0 Å². The number of carbonyl (C=O) groups is 1. The molecule has 1 heterocycles. The van der Waals surface area contributed by atoms with E-state index < -0.39 is 0 Å². The molecule has 0 radical (unpaired) electrons. The first-order valence-electron chi connectivity index (χ1n) is 2.81. The van der Waals surface area contributed by atoms with Gasteiger partial charge in [0.15, 0.2) is 12.1 Å². The highest BCUT2D eigenvalue weighted by molar-refractivity contribution is 9.10. The molecule has 0 fully saturated rings. The zero-order valence-electron chi connectivity index (χ0n) is 5.76. The van der Waals surface area contributed by atoms with Crippen LogP contribution in [0.3, 0.4) is 0 Å². The van der Waals surface area contributed by atoms with Crippen LogP contribution in [0.2, 0.25) is 0 Å². The van der Waals surface area contributed by atoms with Crippen LogP contribution in [0.5, 0.6) is 0 Å². The minimum atomic E-state index is 0.448. The Morgan fingerprint density at radius 2 is 2.30 bits per heavy atom. The fourth-order valence-electron chi connectivity index (χ4n) is 0.742. The van der Waals surface area contributed by atoms with E-state index in [2.05, 4.69) is 20.9 Å². The highest BCUT2D eigenvalue weighted by Gasteiger charge is 2.06. The maximum absolute atomic E-state index is 10.3. The fourth-order valence-corrected chi connectivity index (χ4v) is 1.01. The molecule has 0 atom stereocenters. The van der Waals surface area contributed by atoms with Crippen molar-refractivity contribution in [3.05, 3.63) is 16.1 Å². The summed E-state index contributed by atoms with van der Waals surface area (Å²) in [5.41, 5.74) is 0.838. The van der Waals surface area contributed by atoms with Crippen molar-refractivity contribution < 1.29 is 4.79 Å². The maximum Gasteiger partial charge on any atom is 0.185 e. The van der Waals surface area contributed by atoms with Crippen molar-refractivity contribution in [3.63, 3.8) is 0 Å². The normalized spacial score (nSPS) is 9.90. The minimum absolute atomic E-state index is 0.448. The first kappa shape index (κ1) is 7.47. The third kappa shape index (κ3) is 0.988. The molecule has 54 valence electrons. The summed E-state index contributed by atoms with van der Waals surface area (Å²) < 4.78 is 2.55. The Bertz CT molecular complexity index is 267. The maximum atomic E-state index is 10.3. The standard InChI is InChI=1S/C6H7BrN2O/c1-4-6(7)9(2)5(3-10)8-4/h3H,1-2H3. The van der Waals surface area contributed by atoms with Crippen molar-refractivity contribution in [2.24, 2.45) is 7.05 Å². The number of halogens is 1.